The molecule has 1 aromatic rings. The zero-order chi connectivity index (χ0) is 15.2. The smallest absolute Gasteiger partial charge is 0.306 e. The predicted molar refractivity (Wildman–Crippen MR) is 81.9 cm³/mol. The number of benzene rings is 1. The van der Waals surface area contributed by atoms with Crippen molar-refractivity contribution in [3.05, 3.63) is 23.8 Å². The maximum atomic E-state index is 11.4. The molecule has 0 fully saturated rings. The lowest BCUT2D eigenvalue weighted by molar-refractivity contribution is -0.143. The molecule has 0 unspecified atom stereocenters. The van der Waals surface area contributed by atoms with E-state index in [2.05, 4.69) is 19.6 Å². The molecule has 0 N–H and O–H groups in total. The lowest BCUT2D eigenvalue weighted by Crippen LogP contribution is -2.29. The first-order valence-electron chi connectivity index (χ1n) is 6.87. The molecular formula is C15H24O4Si. The van der Waals surface area contributed by atoms with Crippen LogP contribution in [-0.4, -0.2) is 28.0 Å². The van der Waals surface area contributed by atoms with Gasteiger partial charge in [-0.1, -0.05) is 6.07 Å². The van der Waals surface area contributed by atoms with Crippen LogP contribution in [0.15, 0.2) is 18.2 Å². The fourth-order valence-electron chi connectivity index (χ4n) is 1.77. The van der Waals surface area contributed by atoms with Crippen LogP contribution in [-0.2, 0) is 16.0 Å². The largest absolute Gasteiger partial charge is 0.542 e. The number of methoxy groups -OCH3 is 1. The number of aryl methyl sites for hydroxylation is 1. The molecule has 0 aliphatic heterocycles. The van der Waals surface area contributed by atoms with Gasteiger partial charge >= 0.3 is 5.97 Å². The molecule has 20 heavy (non-hydrogen) atoms. The van der Waals surface area contributed by atoms with E-state index in [0.717, 1.165) is 17.1 Å². The van der Waals surface area contributed by atoms with Gasteiger partial charge in [0.25, 0.3) is 0 Å². The summed E-state index contributed by atoms with van der Waals surface area (Å²) in [4.78, 5) is 11.4. The molecule has 0 radical (unpaired) electrons. The van der Waals surface area contributed by atoms with Crippen LogP contribution in [0.5, 0.6) is 11.5 Å². The SMILES string of the molecule is CCOC(=O)CCc1ccc(OC)c(O[Si](C)(C)C)c1. The van der Waals surface area contributed by atoms with Gasteiger partial charge in [-0.2, -0.15) is 0 Å². The van der Waals surface area contributed by atoms with Crippen LogP contribution in [0, 0.1) is 0 Å². The van der Waals surface area contributed by atoms with Gasteiger partial charge in [0.05, 0.1) is 13.7 Å². The second-order valence-electron chi connectivity index (χ2n) is 5.50. The second kappa shape index (κ2) is 7.33. The summed E-state index contributed by atoms with van der Waals surface area (Å²) in [5, 5.41) is 0. The zero-order valence-electron chi connectivity index (χ0n) is 13.0. The maximum absolute atomic E-state index is 11.4. The van der Waals surface area contributed by atoms with E-state index in [4.69, 9.17) is 13.9 Å². The molecule has 0 saturated heterocycles. The van der Waals surface area contributed by atoms with Crippen LogP contribution >= 0.6 is 0 Å². The van der Waals surface area contributed by atoms with Crippen LogP contribution in [0.2, 0.25) is 19.6 Å². The minimum absolute atomic E-state index is 0.170. The third-order valence-electron chi connectivity index (χ3n) is 2.57. The minimum Gasteiger partial charge on any atom is -0.542 e. The Balaban J connectivity index is 2.79. The molecule has 4 nitrogen and oxygen atoms in total. The predicted octanol–water partition coefficient (Wildman–Crippen LogP) is 3.40. The van der Waals surface area contributed by atoms with Gasteiger partial charge in [-0.25, -0.2) is 0 Å². The van der Waals surface area contributed by atoms with Crippen molar-refractivity contribution in [3.8, 4) is 11.5 Å². The zero-order valence-corrected chi connectivity index (χ0v) is 14.0. The fourth-order valence-corrected chi connectivity index (χ4v) is 2.59. The van der Waals surface area contributed by atoms with Crippen LogP contribution < -0.4 is 9.16 Å². The average molecular weight is 296 g/mol. The average Bonchev–Trinajstić information content (AvgIpc) is 2.35. The van der Waals surface area contributed by atoms with Crippen LogP contribution in [0.1, 0.15) is 18.9 Å². The summed E-state index contributed by atoms with van der Waals surface area (Å²) in [5.74, 6) is 1.32. The van der Waals surface area contributed by atoms with Crippen molar-refractivity contribution in [1.82, 2.24) is 0 Å². The lowest BCUT2D eigenvalue weighted by Gasteiger charge is -2.21. The summed E-state index contributed by atoms with van der Waals surface area (Å²) < 4.78 is 16.3. The van der Waals surface area contributed by atoms with Crippen LogP contribution in [0.25, 0.3) is 0 Å². The van der Waals surface area contributed by atoms with Gasteiger partial charge in [0.15, 0.2) is 5.75 Å². The van der Waals surface area contributed by atoms with Crippen molar-refractivity contribution in [2.24, 2.45) is 0 Å². The van der Waals surface area contributed by atoms with E-state index in [1.54, 1.807) is 7.11 Å². The molecule has 0 aromatic heterocycles. The summed E-state index contributed by atoms with van der Waals surface area (Å²) in [6.07, 6.45) is 1.03. The molecule has 1 aromatic carbocycles. The van der Waals surface area contributed by atoms with Crippen LogP contribution in [0.3, 0.4) is 0 Å². The molecule has 5 heteroatoms. The number of ether oxygens (including phenoxy) is 2. The summed E-state index contributed by atoms with van der Waals surface area (Å²) in [6.45, 7) is 8.60. The molecule has 112 valence electrons. The van der Waals surface area contributed by atoms with E-state index in [1.807, 2.05) is 25.1 Å². The van der Waals surface area contributed by atoms with Crippen molar-refractivity contribution in [3.63, 3.8) is 0 Å². The Morgan fingerprint density at radius 2 is 1.90 bits per heavy atom. The number of carbonyl (C=O) groups excluding carboxylic acids is 1. The quantitative estimate of drug-likeness (QED) is 0.571. The Bertz CT molecular complexity index is 452. The number of rotatable bonds is 7. The normalized spacial score (nSPS) is 11.1. The molecule has 0 aliphatic carbocycles. The minimum atomic E-state index is -1.70. The van der Waals surface area contributed by atoms with Crippen molar-refractivity contribution < 1.29 is 18.7 Å². The van der Waals surface area contributed by atoms with Crippen molar-refractivity contribution in [1.29, 1.82) is 0 Å². The fraction of sp³-hybridized carbons (Fsp3) is 0.533. The highest BCUT2D eigenvalue weighted by molar-refractivity contribution is 6.70. The van der Waals surface area contributed by atoms with Crippen molar-refractivity contribution >= 4 is 14.3 Å². The van der Waals surface area contributed by atoms with E-state index in [-0.39, 0.29) is 5.97 Å². The molecule has 0 saturated carbocycles. The molecule has 0 heterocycles. The van der Waals surface area contributed by atoms with Gasteiger partial charge in [0, 0.05) is 6.42 Å². The number of hydrogen-bond donors (Lipinski definition) is 0. The summed E-state index contributed by atoms with van der Waals surface area (Å²) in [7, 11) is -0.0680. The van der Waals surface area contributed by atoms with E-state index >= 15 is 0 Å². The third kappa shape index (κ3) is 5.65. The highest BCUT2D eigenvalue weighted by atomic mass is 28.4. The first kappa shape index (κ1) is 16.6. The molecule has 1 rings (SSSR count). The number of hydrogen-bond acceptors (Lipinski definition) is 4. The molecule has 0 amide bonds. The van der Waals surface area contributed by atoms with Gasteiger partial charge in [0.1, 0.15) is 5.75 Å². The van der Waals surface area contributed by atoms with Gasteiger partial charge in [0.2, 0.25) is 8.32 Å². The van der Waals surface area contributed by atoms with Crippen molar-refractivity contribution in [2.45, 2.75) is 39.4 Å². The first-order chi connectivity index (χ1) is 9.35. The molecule has 0 bridgehead atoms. The van der Waals surface area contributed by atoms with Gasteiger partial charge in [-0.05, 0) is 50.7 Å². The maximum Gasteiger partial charge on any atom is 0.306 e. The topological polar surface area (TPSA) is 44.8 Å². The van der Waals surface area contributed by atoms with E-state index in [1.165, 1.54) is 0 Å². The van der Waals surface area contributed by atoms with Gasteiger partial charge < -0.3 is 13.9 Å². The number of carbonyl (C=O) groups is 1. The van der Waals surface area contributed by atoms with E-state index in [0.29, 0.717) is 19.4 Å². The Morgan fingerprint density at radius 3 is 2.45 bits per heavy atom. The summed E-state index contributed by atoms with van der Waals surface area (Å²) in [5.41, 5.74) is 1.05. The lowest BCUT2D eigenvalue weighted by atomic mass is 10.1. The van der Waals surface area contributed by atoms with Gasteiger partial charge in [-0.15, -0.1) is 0 Å². The van der Waals surface area contributed by atoms with Crippen LogP contribution in [0.4, 0.5) is 0 Å². The van der Waals surface area contributed by atoms with E-state index in [9.17, 15) is 4.79 Å². The van der Waals surface area contributed by atoms with E-state index < -0.39 is 8.32 Å². The monoisotopic (exact) mass is 296 g/mol. The molecule has 0 spiro atoms. The second-order valence-corrected chi connectivity index (χ2v) is 9.93. The number of esters is 1. The molecule has 0 atom stereocenters. The Morgan fingerprint density at radius 1 is 1.20 bits per heavy atom. The highest BCUT2D eigenvalue weighted by Crippen LogP contribution is 2.30. The molecular weight excluding hydrogens is 272 g/mol. The Kier molecular flexibility index (Phi) is 6.07. The molecule has 0 aliphatic rings. The standard InChI is InChI=1S/C15H24O4Si/c1-6-18-15(16)10-8-12-7-9-13(17-2)14(11-12)19-20(3,4)5/h7,9,11H,6,8,10H2,1-5H3. The van der Waals surface area contributed by atoms with Gasteiger partial charge in [-0.3, -0.25) is 4.79 Å². The summed E-state index contributed by atoms with van der Waals surface area (Å²) >= 11 is 0. The van der Waals surface area contributed by atoms with Crippen molar-refractivity contribution in [2.75, 3.05) is 13.7 Å². The highest BCUT2D eigenvalue weighted by Gasteiger charge is 2.19. The Hall–Kier alpha value is -1.49. The third-order valence-corrected chi connectivity index (χ3v) is 3.40. The Labute approximate surface area is 122 Å². The summed E-state index contributed by atoms with van der Waals surface area (Å²) in [6, 6.07) is 5.79. The first-order valence-corrected chi connectivity index (χ1v) is 10.3.